The number of pyridine rings is 1. The Balaban J connectivity index is 2.18. The van der Waals surface area contributed by atoms with E-state index >= 15 is 0 Å². The Bertz CT molecular complexity index is 1010. The number of hydrogen-bond acceptors (Lipinski definition) is 7. The monoisotopic (exact) mass is 424 g/mol. The smallest absolute Gasteiger partial charge is 0.312 e. The second-order valence-electron chi connectivity index (χ2n) is 9.24. The van der Waals surface area contributed by atoms with E-state index in [1.807, 2.05) is 0 Å². The average molecular weight is 425 g/mol. The quantitative estimate of drug-likeness (QED) is 0.750. The number of rotatable bonds is 3. The van der Waals surface area contributed by atoms with Gasteiger partial charge in [-0.3, -0.25) is 9.79 Å². The summed E-state index contributed by atoms with van der Waals surface area (Å²) in [6.45, 7) is 11.0. The van der Waals surface area contributed by atoms with Crippen molar-refractivity contribution in [2.45, 2.75) is 75.5 Å². The molecule has 3 rings (SSSR count). The van der Waals surface area contributed by atoms with Crippen LogP contribution < -0.4 is 5.73 Å². The molecule has 0 radical (unpaired) electrons. The zero-order chi connectivity index (χ0) is 21.8. The number of aliphatic imine (C=N–C) groups is 1. The van der Waals surface area contributed by atoms with Gasteiger partial charge in [-0.15, -0.1) is 0 Å². The second kappa shape index (κ2) is 6.75. The Labute approximate surface area is 171 Å². The van der Waals surface area contributed by atoms with E-state index in [-0.39, 0.29) is 17.9 Å². The highest BCUT2D eigenvalue weighted by Crippen LogP contribution is 2.48. The number of halogens is 1. The number of fused-ring (bicyclic) bond motifs is 1. The summed E-state index contributed by atoms with van der Waals surface area (Å²) in [5.74, 6) is -0.902. The summed E-state index contributed by atoms with van der Waals surface area (Å²) in [6, 6.07) is 2.61. The Morgan fingerprint density at radius 1 is 1.34 bits per heavy atom. The highest BCUT2D eigenvalue weighted by Gasteiger charge is 2.58. The fourth-order valence-corrected chi connectivity index (χ4v) is 7.36. The zero-order valence-corrected chi connectivity index (χ0v) is 18.6. The normalized spacial score (nSPS) is 30.9. The van der Waals surface area contributed by atoms with E-state index in [4.69, 9.17) is 15.5 Å². The Morgan fingerprint density at radius 3 is 2.62 bits per heavy atom. The fraction of sp³-hybridized carbons (Fsp3) is 0.650. The number of nitrogen functional groups attached to an aromatic ring is 1. The molecule has 0 fully saturated rings. The number of nitrogens with two attached hydrogens (primary N) is 1. The van der Waals surface area contributed by atoms with Crippen molar-refractivity contribution in [3.8, 4) is 0 Å². The molecular formula is C20H29FN4O3S. The van der Waals surface area contributed by atoms with Crippen LogP contribution in [0.4, 0.5) is 10.2 Å². The molecule has 1 aromatic heterocycles. The van der Waals surface area contributed by atoms with Gasteiger partial charge in [-0.25, -0.2) is 17.9 Å². The van der Waals surface area contributed by atoms with E-state index in [0.717, 1.165) is 0 Å². The predicted molar refractivity (Wildman–Crippen MR) is 112 cm³/mol. The summed E-state index contributed by atoms with van der Waals surface area (Å²) in [7, 11) is -2.86. The number of carbonyl (C=O) groups is 1. The minimum absolute atomic E-state index is 0.0320. The Morgan fingerprint density at radius 2 is 2.00 bits per heavy atom. The van der Waals surface area contributed by atoms with Crippen molar-refractivity contribution in [1.29, 1.82) is 0 Å². The predicted octanol–water partition coefficient (Wildman–Crippen LogP) is 3.22. The minimum Gasteiger partial charge on any atom is -0.460 e. The Hall–Kier alpha value is -2.03. The van der Waals surface area contributed by atoms with Gasteiger partial charge in [0.1, 0.15) is 28.5 Å². The summed E-state index contributed by atoms with van der Waals surface area (Å²) in [4.78, 5) is 21.6. The molecule has 9 heteroatoms. The van der Waals surface area contributed by atoms with Crippen LogP contribution in [0.5, 0.6) is 0 Å². The number of carbonyl (C=O) groups excluding carboxylic acids is 1. The van der Waals surface area contributed by atoms with E-state index < -0.39 is 42.7 Å². The van der Waals surface area contributed by atoms with Crippen LogP contribution >= 0.6 is 0 Å². The van der Waals surface area contributed by atoms with Crippen molar-refractivity contribution < 1.29 is 18.1 Å². The van der Waals surface area contributed by atoms with Crippen molar-refractivity contribution in [2.24, 2.45) is 9.36 Å². The molecule has 0 spiro atoms. The van der Waals surface area contributed by atoms with Crippen LogP contribution in [0.3, 0.4) is 0 Å². The minimum atomic E-state index is -2.86. The first-order valence-corrected chi connectivity index (χ1v) is 11.2. The maximum Gasteiger partial charge on any atom is 0.312 e. The molecule has 1 aromatic rings. The summed E-state index contributed by atoms with van der Waals surface area (Å²) in [5.41, 5.74) is 4.31. The van der Waals surface area contributed by atoms with Gasteiger partial charge in [0, 0.05) is 12.3 Å². The first kappa shape index (κ1) is 21.7. The SMILES string of the molecule is CC(C)(C)OC(=O)CC1=N[C@](C)(c2nc(N)ccc2F)[C@H]2CCN=[S@@]2(=O)C1(C)C. The molecule has 160 valence electrons. The molecule has 0 aliphatic carbocycles. The van der Waals surface area contributed by atoms with Gasteiger partial charge >= 0.3 is 5.97 Å². The molecule has 2 aliphatic rings. The van der Waals surface area contributed by atoms with Crippen LogP contribution in [-0.2, 0) is 24.8 Å². The number of aromatic nitrogens is 1. The van der Waals surface area contributed by atoms with Crippen LogP contribution in [-0.4, -0.2) is 43.0 Å². The van der Waals surface area contributed by atoms with Crippen LogP contribution in [0.25, 0.3) is 0 Å². The summed E-state index contributed by atoms with van der Waals surface area (Å²) >= 11 is 0. The number of esters is 1. The van der Waals surface area contributed by atoms with E-state index in [9.17, 15) is 13.4 Å². The van der Waals surface area contributed by atoms with Crippen molar-refractivity contribution >= 4 is 27.2 Å². The van der Waals surface area contributed by atoms with E-state index in [1.165, 1.54) is 12.1 Å². The molecule has 2 aliphatic heterocycles. The van der Waals surface area contributed by atoms with Crippen molar-refractivity contribution in [3.63, 3.8) is 0 Å². The molecule has 0 saturated carbocycles. The summed E-state index contributed by atoms with van der Waals surface area (Å²) < 4.78 is 37.8. The molecule has 0 aromatic carbocycles. The van der Waals surface area contributed by atoms with Gasteiger partial charge in [-0.2, -0.15) is 0 Å². The molecular weight excluding hydrogens is 395 g/mol. The average Bonchev–Trinajstić information content (AvgIpc) is 2.98. The lowest BCUT2D eigenvalue weighted by Crippen LogP contribution is -2.56. The number of anilines is 1. The molecule has 29 heavy (non-hydrogen) atoms. The molecule has 7 nitrogen and oxygen atoms in total. The first-order chi connectivity index (χ1) is 13.2. The van der Waals surface area contributed by atoms with Crippen LogP contribution in [0.15, 0.2) is 21.5 Å². The molecule has 3 atom stereocenters. The molecule has 3 heterocycles. The third-order valence-corrected chi connectivity index (χ3v) is 9.29. The Kier molecular flexibility index (Phi) is 5.05. The highest BCUT2D eigenvalue weighted by atomic mass is 32.2. The van der Waals surface area contributed by atoms with Gasteiger partial charge in [-0.05, 0) is 60.1 Å². The van der Waals surface area contributed by atoms with E-state index in [1.54, 1.807) is 41.5 Å². The van der Waals surface area contributed by atoms with Gasteiger partial charge in [0.25, 0.3) is 0 Å². The second-order valence-corrected chi connectivity index (χ2v) is 12.2. The maximum absolute atomic E-state index is 14.8. The third kappa shape index (κ3) is 3.53. The van der Waals surface area contributed by atoms with Crippen LogP contribution in [0.2, 0.25) is 0 Å². The van der Waals surface area contributed by atoms with Crippen molar-refractivity contribution in [2.75, 3.05) is 12.3 Å². The standard InChI is InChI=1S/C20H29FN4O3S/c1-18(2,3)28-16(26)11-13-19(4,5)29(27)14(9-10-23-29)20(6,25-13)17-12(21)7-8-15(22)24-17/h7-8,14H,9-11H2,1-6H3,(H2,22,24)/t14-,20+,29+/m1/s1. The van der Waals surface area contributed by atoms with Crippen molar-refractivity contribution in [1.82, 2.24) is 4.98 Å². The topological polar surface area (TPSA) is 107 Å². The molecule has 0 unspecified atom stereocenters. The molecule has 0 bridgehead atoms. The highest BCUT2D eigenvalue weighted by molar-refractivity contribution is 7.96. The van der Waals surface area contributed by atoms with Gasteiger partial charge in [0.2, 0.25) is 0 Å². The lowest BCUT2D eigenvalue weighted by Gasteiger charge is -2.45. The number of nitrogens with zero attached hydrogens (tertiary/aromatic N) is 3. The molecule has 0 amide bonds. The van der Waals surface area contributed by atoms with Gasteiger partial charge in [-0.1, -0.05) is 0 Å². The lowest BCUT2D eigenvalue weighted by molar-refractivity contribution is -0.153. The largest absolute Gasteiger partial charge is 0.460 e. The zero-order valence-electron chi connectivity index (χ0n) is 17.8. The fourth-order valence-electron chi connectivity index (χ4n) is 4.10. The first-order valence-electron chi connectivity index (χ1n) is 9.65. The molecule has 0 saturated heterocycles. The lowest BCUT2D eigenvalue weighted by atomic mass is 9.88. The van der Waals surface area contributed by atoms with Gasteiger partial charge in [0.15, 0.2) is 0 Å². The number of hydrogen-bond donors (Lipinski definition) is 1. The van der Waals surface area contributed by atoms with E-state index in [0.29, 0.717) is 18.7 Å². The van der Waals surface area contributed by atoms with Gasteiger partial charge < -0.3 is 10.5 Å². The molecule has 2 N–H and O–H groups in total. The van der Waals surface area contributed by atoms with Gasteiger partial charge in [0.05, 0.1) is 26.1 Å². The van der Waals surface area contributed by atoms with Crippen molar-refractivity contribution in [3.05, 3.63) is 23.6 Å². The van der Waals surface area contributed by atoms with E-state index in [2.05, 4.69) is 9.35 Å². The van der Waals surface area contributed by atoms with Crippen LogP contribution in [0.1, 0.15) is 60.1 Å². The van der Waals surface area contributed by atoms with Crippen LogP contribution in [0, 0.1) is 5.82 Å². The summed E-state index contributed by atoms with van der Waals surface area (Å²) in [6.07, 6.45) is 0.348. The third-order valence-electron chi connectivity index (χ3n) is 5.56. The maximum atomic E-state index is 14.8. The number of ether oxygens (including phenoxy) is 1. The summed E-state index contributed by atoms with van der Waals surface area (Å²) in [5, 5.41) is -0.531.